The Hall–Kier alpha value is -2.91. The highest BCUT2D eigenvalue weighted by atomic mass is 32.2. The third-order valence-corrected chi connectivity index (χ3v) is 6.66. The fourth-order valence-electron chi connectivity index (χ4n) is 3.45. The van der Waals surface area contributed by atoms with Crippen LogP contribution >= 0.6 is 23.1 Å². The monoisotopic (exact) mass is 455 g/mol. The van der Waals surface area contributed by atoms with Crippen molar-refractivity contribution in [2.24, 2.45) is 4.99 Å². The summed E-state index contributed by atoms with van der Waals surface area (Å²) >= 11 is 3.15. The van der Waals surface area contributed by atoms with Gasteiger partial charge in [0.2, 0.25) is 11.8 Å². The molecule has 1 saturated heterocycles. The van der Waals surface area contributed by atoms with Crippen LogP contribution < -0.4 is 14.4 Å². The number of aryl methyl sites for hydroxylation is 1. The van der Waals surface area contributed by atoms with E-state index in [0.717, 1.165) is 26.6 Å². The van der Waals surface area contributed by atoms with Crippen LogP contribution in [0.15, 0.2) is 47.5 Å². The minimum Gasteiger partial charge on any atom is -0.497 e. The van der Waals surface area contributed by atoms with Gasteiger partial charge in [0.1, 0.15) is 5.75 Å². The number of ether oxygens (including phenoxy) is 1. The minimum absolute atomic E-state index is 0.196. The number of hydrogen-bond acceptors (Lipinski definition) is 6. The standard InChI is InChI=1S/C22H21N3O4S2/c1-29-16-6-7-18-17(13-16)24(10-11-30-2)22(31-18)23-21(28)14-4-3-5-15(12-14)25-19(26)8-9-20(25)27/h3-7,12-13H,8-11H2,1-2H3. The molecule has 160 valence electrons. The summed E-state index contributed by atoms with van der Waals surface area (Å²) in [5, 5.41) is 0. The summed E-state index contributed by atoms with van der Waals surface area (Å²) in [6, 6.07) is 12.3. The molecule has 1 fully saturated rings. The maximum atomic E-state index is 13.0. The third kappa shape index (κ3) is 4.28. The summed E-state index contributed by atoms with van der Waals surface area (Å²) in [6.07, 6.45) is 2.42. The largest absolute Gasteiger partial charge is 0.497 e. The smallest absolute Gasteiger partial charge is 0.279 e. The number of amides is 3. The molecule has 9 heteroatoms. The molecule has 2 aromatic carbocycles. The number of benzene rings is 2. The highest BCUT2D eigenvalue weighted by molar-refractivity contribution is 7.98. The molecule has 4 rings (SSSR count). The van der Waals surface area contributed by atoms with Crippen molar-refractivity contribution in [3.63, 3.8) is 0 Å². The van der Waals surface area contributed by atoms with E-state index >= 15 is 0 Å². The lowest BCUT2D eigenvalue weighted by atomic mass is 10.2. The number of thioether (sulfide) groups is 1. The zero-order valence-electron chi connectivity index (χ0n) is 17.2. The highest BCUT2D eigenvalue weighted by Crippen LogP contribution is 2.25. The summed E-state index contributed by atoms with van der Waals surface area (Å²) in [5.74, 6) is 0.699. The Morgan fingerprint density at radius 2 is 1.94 bits per heavy atom. The van der Waals surface area contributed by atoms with Crippen LogP contribution in [-0.2, 0) is 16.1 Å². The van der Waals surface area contributed by atoms with Crippen molar-refractivity contribution >= 4 is 56.7 Å². The summed E-state index contributed by atoms with van der Waals surface area (Å²) in [5.41, 5.74) is 1.70. The van der Waals surface area contributed by atoms with Gasteiger partial charge in [-0.15, -0.1) is 0 Å². The van der Waals surface area contributed by atoms with E-state index in [-0.39, 0.29) is 24.7 Å². The zero-order valence-corrected chi connectivity index (χ0v) is 18.8. The van der Waals surface area contributed by atoms with Crippen LogP contribution in [0.2, 0.25) is 0 Å². The van der Waals surface area contributed by atoms with Crippen LogP contribution in [0.5, 0.6) is 5.75 Å². The fraction of sp³-hybridized carbons (Fsp3) is 0.273. The van der Waals surface area contributed by atoms with E-state index in [4.69, 9.17) is 4.74 Å². The van der Waals surface area contributed by atoms with Gasteiger partial charge in [-0.3, -0.25) is 19.3 Å². The van der Waals surface area contributed by atoms with Crippen molar-refractivity contribution in [2.75, 3.05) is 24.0 Å². The lowest BCUT2D eigenvalue weighted by molar-refractivity contribution is -0.121. The van der Waals surface area contributed by atoms with E-state index < -0.39 is 5.91 Å². The molecule has 3 amide bonds. The third-order valence-electron chi connectivity index (χ3n) is 5.01. The Labute approximate surface area is 187 Å². The second-order valence-electron chi connectivity index (χ2n) is 6.95. The summed E-state index contributed by atoms with van der Waals surface area (Å²) in [7, 11) is 1.62. The van der Waals surface area contributed by atoms with E-state index in [0.29, 0.717) is 22.6 Å². The molecule has 0 bridgehead atoms. The molecule has 2 heterocycles. The van der Waals surface area contributed by atoms with Crippen molar-refractivity contribution in [1.82, 2.24) is 4.57 Å². The molecule has 0 N–H and O–H groups in total. The van der Waals surface area contributed by atoms with Gasteiger partial charge in [0.05, 0.1) is 23.0 Å². The Bertz CT molecular complexity index is 1230. The number of hydrogen-bond donors (Lipinski definition) is 0. The summed E-state index contributed by atoms with van der Waals surface area (Å²) in [4.78, 5) is 43.2. The van der Waals surface area contributed by atoms with Crippen LogP contribution in [0, 0.1) is 0 Å². The van der Waals surface area contributed by atoms with Crippen LogP contribution in [0.25, 0.3) is 10.2 Å². The number of methoxy groups -OCH3 is 1. The molecule has 0 aliphatic carbocycles. The average Bonchev–Trinajstić information content (AvgIpc) is 3.30. The van der Waals surface area contributed by atoms with Gasteiger partial charge in [-0.1, -0.05) is 17.4 Å². The first kappa shape index (κ1) is 21.3. The molecule has 1 aromatic heterocycles. The Morgan fingerprint density at radius 1 is 1.16 bits per heavy atom. The number of anilines is 1. The average molecular weight is 456 g/mol. The Morgan fingerprint density at radius 3 is 2.65 bits per heavy atom. The van der Waals surface area contributed by atoms with Crippen molar-refractivity contribution in [3.8, 4) is 5.75 Å². The van der Waals surface area contributed by atoms with Gasteiger partial charge in [-0.2, -0.15) is 16.8 Å². The Balaban J connectivity index is 1.74. The first-order valence-corrected chi connectivity index (χ1v) is 11.9. The first-order chi connectivity index (χ1) is 15.0. The van der Waals surface area contributed by atoms with E-state index in [9.17, 15) is 14.4 Å². The molecule has 0 radical (unpaired) electrons. The number of carbonyl (C=O) groups excluding carboxylic acids is 3. The normalized spacial score (nSPS) is 14.6. The molecule has 0 spiro atoms. The zero-order chi connectivity index (χ0) is 22.0. The van der Waals surface area contributed by atoms with Crippen LogP contribution in [0.4, 0.5) is 5.69 Å². The second kappa shape index (κ2) is 9.07. The fourth-order valence-corrected chi connectivity index (χ4v) is 4.85. The summed E-state index contributed by atoms with van der Waals surface area (Å²) < 4.78 is 8.38. The molecule has 0 saturated carbocycles. The Kier molecular flexibility index (Phi) is 6.24. The molecule has 1 aliphatic rings. The van der Waals surface area contributed by atoms with Gasteiger partial charge in [-0.25, -0.2) is 0 Å². The van der Waals surface area contributed by atoms with Crippen LogP contribution in [0.3, 0.4) is 0 Å². The quantitative estimate of drug-likeness (QED) is 0.532. The number of aromatic nitrogens is 1. The van der Waals surface area contributed by atoms with Gasteiger partial charge in [0.25, 0.3) is 5.91 Å². The molecule has 0 atom stereocenters. The van der Waals surface area contributed by atoms with Crippen molar-refractivity contribution in [1.29, 1.82) is 0 Å². The number of fused-ring (bicyclic) bond motifs is 1. The number of rotatable bonds is 6. The van der Waals surface area contributed by atoms with Crippen molar-refractivity contribution in [3.05, 3.63) is 52.8 Å². The summed E-state index contributed by atoms with van der Waals surface area (Å²) in [6.45, 7) is 0.706. The maximum Gasteiger partial charge on any atom is 0.279 e. The predicted octanol–water partition coefficient (Wildman–Crippen LogP) is 3.47. The van der Waals surface area contributed by atoms with Gasteiger partial charge >= 0.3 is 0 Å². The van der Waals surface area contributed by atoms with Gasteiger partial charge in [0, 0.05) is 36.8 Å². The molecular formula is C22H21N3O4S2. The van der Waals surface area contributed by atoms with Gasteiger partial charge < -0.3 is 9.30 Å². The first-order valence-electron chi connectivity index (χ1n) is 9.73. The molecule has 3 aromatic rings. The molecular weight excluding hydrogens is 434 g/mol. The SMILES string of the molecule is COc1ccc2sc(=NC(=O)c3cccc(N4C(=O)CCC4=O)c3)n(CCSC)c2c1. The molecule has 1 aliphatic heterocycles. The molecule has 7 nitrogen and oxygen atoms in total. The molecule has 0 unspecified atom stereocenters. The van der Waals surface area contributed by atoms with E-state index in [1.165, 1.54) is 11.3 Å². The van der Waals surface area contributed by atoms with Crippen molar-refractivity contribution in [2.45, 2.75) is 19.4 Å². The number of nitrogens with zero attached hydrogens (tertiary/aromatic N) is 3. The van der Waals surface area contributed by atoms with Gasteiger partial charge in [-0.05, 0) is 36.6 Å². The lowest BCUT2D eigenvalue weighted by Crippen LogP contribution is -2.28. The minimum atomic E-state index is -0.419. The molecule has 31 heavy (non-hydrogen) atoms. The predicted molar refractivity (Wildman–Crippen MR) is 123 cm³/mol. The second-order valence-corrected chi connectivity index (χ2v) is 8.95. The number of thiazole rings is 1. The number of carbonyl (C=O) groups is 3. The van der Waals surface area contributed by atoms with E-state index in [1.807, 2.05) is 29.0 Å². The van der Waals surface area contributed by atoms with Crippen LogP contribution in [-0.4, -0.2) is 41.4 Å². The lowest BCUT2D eigenvalue weighted by Gasteiger charge is -2.14. The number of imide groups is 1. The van der Waals surface area contributed by atoms with Crippen molar-refractivity contribution < 1.29 is 19.1 Å². The van der Waals surface area contributed by atoms with E-state index in [2.05, 4.69) is 4.99 Å². The highest BCUT2D eigenvalue weighted by Gasteiger charge is 2.30. The van der Waals surface area contributed by atoms with E-state index in [1.54, 1.807) is 43.1 Å². The topological polar surface area (TPSA) is 81.0 Å². The van der Waals surface area contributed by atoms with Crippen LogP contribution in [0.1, 0.15) is 23.2 Å². The van der Waals surface area contributed by atoms with Gasteiger partial charge in [0.15, 0.2) is 4.80 Å². The maximum absolute atomic E-state index is 13.0.